The van der Waals surface area contributed by atoms with Gasteiger partial charge in [-0.2, -0.15) is 10.1 Å². The van der Waals surface area contributed by atoms with E-state index in [0.29, 0.717) is 0 Å². The summed E-state index contributed by atoms with van der Waals surface area (Å²) in [6.07, 6.45) is 1.18. The molecule has 0 aliphatic carbocycles. The van der Waals surface area contributed by atoms with Crippen LogP contribution in [0.25, 0.3) is 0 Å². The largest absolute Gasteiger partial charge is 0.291 e. The minimum Gasteiger partial charge on any atom is -0.291 e. The van der Waals surface area contributed by atoms with Crippen LogP contribution in [-0.2, 0) is 0 Å². The molecule has 0 saturated carbocycles. The summed E-state index contributed by atoms with van der Waals surface area (Å²) in [5.41, 5.74) is -0.392. The summed E-state index contributed by atoms with van der Waals surface area (Å²) in [7, 11) is 0. The number of rotatable bonds is 2. The van der Waals surface area contributed by atoms with E-state index >= 15 is 0 Å². The monoisotopic (exact) mass is 224 g/mol. The van der Waals surface area contributed by atoms with Crippen LogP contribution in [0.2, 0.25) is 0 Å². The van der Waals surface area contributed by atoms with Gasteiger partial charge >= 0.3 is 0 Å². The van der Waals surface area contributed by atoms with E-state index in [-0.39, 0.29) is 5.95 Å². The van der Waals surface area contributed by atoms with Gasteiger partial charge in [-0.1, -0.05) is 0 Å². The molecule has 0 atom stereocenters. The third-order valence-electron chi connectivity index (χ3n) is 1.82. The average Bonchev–Trinajstić information content (AvgIpc) is 2.74. The third kappa shape index (κ3) is 2.02. The van der Waals surface area contributed by atoms with E-state index in [1.165, 1.54) is 6.33 Å². The van der Waals surface area contributed by atoms with E-state index < -0.39 is 23.1 Å². The van der Waals surface area contributed by atoms with E-state index in [1.807, 2.05) is 0 Å². The van der Waals surface area contributed by atoms with Gasteiger partial charge < -0.3 is 0 Å². The predicted octanol–water partition coefficient (Wildman–Crippen LogP) is 1.34. The molecule has 2 N–H and O–H groups in total. The van der Waals surface area contributed by atoms with Crippen LogP contribution in [0, 0.1) is 11.6 Å². The predicted molar refractivity (Wildman–Crippen MR) is 50.7 cm³/mol. The maximum atomic E-state index is 13.2. The Kier molecular flexibility index (Phi) is 2.59. The van der Waals surface area contributed by atoms with Crippen LogP contribution in [-0.4, -0.2) is 21.1 Å². The molecule has 2 aromatic rings. The van der Waals surface area contributed by atoms with E-state index in [9.17, 15) is 13.6 Å². The molecule has 0 fully saturated rings. The van der Waals surface area contributed by atoms with Crippen LogP contribution in [0.3, 0.4) is 0 Å². The summed E-state index contributed by atoms with van der Waals surface area (Å²) in [5.74, 6) is -2.23. The molecule has 0 radical (unpaired) electrons. The number of nitrogens with one attached hydrogen (secondary N) is 2. The van der Waals surface area contributed by atoms with Crippen LogP contribution in [0.15, 0.2) is 24.5 Å². The molecule has 1 aromatic heterocycles. The molecular formula is C9H6F2N4O. The second-order valence-corrected chi connectivity index (χ2v) is 2.91. The smallest absolute Gasteiger partial charge is 0.261 e. The lowest BCUT2D eigenvalue weighted by Gasteiger charge is -2.02. The number of H-pyrrole nitrogens is 1. The summed E-state index contributed by atoms with van der Waals surface area (Å²) >= 11 is 0. The number of amides is 1. The van der Waals surface area contributed by atoms with Gasteiger partial charge in [-0.05, 0) is 18.2 Å². The molecule has 0 aliphatic heterocycles. The molecule has 2 rings (SSSR count). The summed E-state index contributed by atoms with van der Waals surface area (Å²) < 4.78 is 26.0. The first-order chi connectivity index (χ1) is 7.66. The van der Waals surface area contributed by atoms with Gasteiger partial charge in [-0.3, -0.25) is 10.1 Å². The first-order valence-corrected chi connectivity index (χ1v) is 4.28. The first-order valence-electron chi connectivity index (χ1n) is 4.28. The van der Waals surface area contributed by atoms with Gasteiger partial charge in [0.05, 0.1) is 5.56 Å². The molecule has 0 aliphatic rings. The van der Waals surface area contributed by atoms with Crippen molar-refractivity contribution in [1.82, 2.24) is 15.2 Å². The molecule has 1 aromatic carbocycles. The van der Waals surface area contributed by atoms with Gasteiger partial charge in [0.1, 0.15) is 18.0 Å². The Hall–Kier alpha value is -2.31. The van der Waals surface area contributed by atoms with E-state index in [2.05, 4.69) is 20.5 Å². The highest BCUT2D eigenvalue weighted by Gasteiger charge is 2.13. The number of anilines is 1. The summed E-state index contributed by atoms with van der Waals surface area (Å²) in [4.78, 5) is 15.1. The van der Waals surface area contributed by atoms with Crippen molar-refractivity contribution in [3.63, 3.8) is 0 Å². The quantitative estimate of drug-likeness (QED) is 0.808. The maximum absolute atomic E-state index is 13.2. The Morgan fingerprint density at radius 1 is 1.38 bits per heavy atom. The fraction of sp³-hybridized carbons (Fsp3) is 0. The fourth-order valence-corrected chi connectivity index (χ4v) is 1.11. The zero-order valence-electron chi connectivity index (χ0n) is 7.87. The number of aromatic nitrogens is 3. The van der Waals surface area contributed by atoms with Gasteiger partial charge in [-0.15, -0.1) is 0 Å². The zero-order valence-corrected chi connectivity index (χ0v) is 7.87. The molecule has 0 bridgehead atoms. The van der Waals surface area contributed by atoms with Gasteiger partial charge in [-0.25, -0.2) is 13.9 Å². The molecule has 0 saturated heterocycles. The summed E-state index contributed by atoms with van der Waals surface area (Å²) in [6.45, 7) is 0. The number of hydrogen-bond donors (Lipinski definition) is 2. The zero-order chi connectivity index (χ0) is 11.5. The van der Waals surface area contributed by atoms with Crippen LogP contribution >= 0.6 is 0 Å². The van der Waals surface area contributed by atoms with Crippen molar-refractivity contribution in [1.29, 1.82) is 0 Å². The molecule has 1 heterocycles. The van der Waals surface area contributed by atoms with Crippen molar-refractivity contribution in [2.24, 2.45) is 0 Å². The van der Waals surface area contributed by atoms with E-state index in [4.69, 9.17) is 0 Å². The summed E-state index contributed by atoms with van der Waals surface area (Å²) in [6, 6.07) is 2.62. The number of hydrogen-bond acceptors (Lipinski definition) is 3. The van der Waals surface area contributed by atoms with Crippen LogP contribution in [0.4, 0.5) is 14.7 Å². The lowest BCUT2D eigenvalue weighted by atomic mass is 10.2. The number of benzene rings is 1. The lowest BCUT2D eigenvalue weighted by molar-refractivity contribution is 0.102. The topological polar surface area (TPSA) is 70.7 Å². The minimum atomic E-state index is -0.807. The Morgan fingerprint density at radius 3 is 2.88 bits per heavy atom. The summed E-state index contributed by atoms with van der Waals surface area (Å²) in [5, 5.41) is 8.08. The second-order valence-electron chi connectivity index (χ2n) is 2.91. The SMILES string of the molecule is O=C(Nc1ncn[nH]1)c1cc(F)ccc1F. The standard InChI is InChI=1S/C9H6F2N4O/c10-5-1-2-7(11)6(3-5)8(16)14-9-12-4-13-15-9/h1-4H,(H2,12,13,14,15,16). The van der Waals surface area contributed by atoms with Gasteiger partial charge in [0.2, 0.25) is 5.95 Å². The van der Waals surface area contributed by atoms with Crippen molar-refractivity contribution in [3.8, 4) is 0 Å². The Bertz CT molecular complexity index is 512. The molecular weight excluding hydrogens is 218 g/mol. The van der Waals surface area contributed by atoms with Crippen molar-refractivity contribution in [3.05, 3.63) is 41.7 Å². The molecule has 1 amide bonds. The van der Waals surface area contributed by atoms with E-state index in [1.54, 1.807) is 0 Å². The Labute approximate surface area is 88.5 Å². The van der Waals surface area contributed by atoms with Crippen molar-refractivity contribution >= 4 is 11.9 Å². The first kappa shape index (κ1) is 10.2. The van der Waals surface area contributed by atoms with Gasteiger partial charge in [0.25, 0.3) is 5.91 Å². The highest BCUT2D eigenvalue weighted by atomic mass is 19.1. The Balaban J connectivity index is 2.24. The molecule has 0 spiro atoms. The highest BCUT2D eigenvalue weighted by molar-refractivity contribution is 6.03. The number of halogens is 2. The third-order valence-corrected chi connectivity index (χ3v) is 1.82. The molecule has 0 unspecified atom stereocenters. The van der Waals surface area contributed by atoms with Gasteiger partial charge in [0.15, 0.2) is 0 Å². The van der Waals surface area contributed by atoms with E-state index in [0.717, 1.165) is 18.2 Å². The lowest BCUT2D eigenvalue weighted by Crippen LogP contribution is -2.15. The Morgan fingerprint density at radius 2 is 2.19 bits per heavy atom. The number of nitrogens with zero attached hydrogens (tertiary/aromatic N) is 2. The van der Waals surface area contributed by atoms with Crippen LogP contribution in [0.5, 0.6) is 0 Å². The number of aromatic amines is 1. The maximum Gasteiger partial charge on any atom is 0.261 e. The van der Waals surface area contributed by atoms with Crippen molar-refractivity contribution in [2.45, 2.75) is 0 Å². The normalized spacial score (nSPS) is 10.1. The molecule has 16 heavy (non-hydrogen) atoms. The second kappa shape index (κ2) is 4.05. The fourth-order valence-electron chi connectivity index (χ4n) is 1.11. The molecule has 5 nitrogen and oxygen atoms in total. The number of carbonyl (C=O) groups excluding carboxylic acids is 1. The van der Waals surface area contributed by atoms with Crippen molar-refractivity contribution < 1.29 is 13.6 Å². The number of carbonyl (C=O) groups is 1. The highest BCUT2D eigenvalue weighted by Crippen LogP contribution is 2.11. The van der Waals surface area contributed by atoms with Gasteiger partial charge in [0, 0.05) is 0 Å². The molecule has 82 valence electrons. The average molecular weight is 224 g/mol. The van der Waals surface area contributed by atoms with Crippen LogP contribution in [0.1, 0.15) is 10.4 Å². The minimum absolute atomic E-state index is 0.0636. The van der Waals surface area contributed by atoms with Crippen molar-refractivity contribution in [2.75, 3.05) is 5.32 Å². The van der Waals surface area contributed by atoms with Crippen LogP contribution < -0.4 is 5.32 Å². The molecule has 7 heteroatoms.